The maximum absolute atomic E-state index is 12.3. The highest BCUT2D eigenvalue weighted by Crippen LogP contribution is 2.23. The van der Waals surface area contributed by atoms with E-state index in [-0.39, 0.29) is 11.6 Å². The molecule has 27 heavy (non-hydrogen) atoms. The normalized spacial score (nSPS) is 10.3. The molecule has 138 valence electrons. The van der Waals surface area contributed by atoms with Crippen molar-refractivity contribution in [3.63, 3.8) is 0 Å². The summed E-state index contributed by atoms with van der Waals surface area (Å²) in [5, 5.41) is 14.6. The van der Waals surface area contributed by atoms with Gasteiger partial charge in [-0.25, -0.2) is 0 Å². The van der Waals surface area contributed by atoms with Gasteiger partial charge in [-0.05, 0) is 42.8 Å². The first-order valence-electron chi connectivity index (χ1n) is 8.34. The van der Waals surface area contributed by atoms with E-state index < -0.39 is 0 Å². The molecule has 0 aliphatic heterocycles. The summed E-state index contributed by atoms with van der Waals surface area (Å²) in [6, 6.07) is 16.4. The van der Waals surface area contributed by atoms with E-state index in [1.165, 1.54) is 0 Å². The van der Waals surface area contributed by atoms with Crippen LogP contribution in [-0.4, -0.2) is 23.2 Å². The molecule has 2 N–H and O–H groups in total. The molecular weight excluding hydrogens is 364 g/mol. The number of benzene rings is 2. The molecule has 0 fully saturated rings. The summed E-state index contributed by atoms with van der Waals surface area (Å²) in [7, 11) is 1.60. The molecule has 0 bridgehead atoms. The Labute approximate surface area is 162 Å². The topological polar surface area (TPSA) is 76.1 Å². The monoisotopic (exact) mass is 382 g/mol. The first-order valence-corrected chi connectivity index (χ1v) is 8.71. The van der Waals surface area contributed by atoms with Gasteiger partial charge in [0.2, 0.25) is 0 Å². The van der Waals surface area contributed by atoms with E-state index in [0.717, 1.165) is 22.6 Å². The van der Waals surface area contributed by atoms with Gasteiger partial charge in [-0.1, -0.05) is 35.9 Å². The van der Waals surface area contributed by atoms with Crippen molar-refractivity contribution in [2.75, 3.05) is 12.4 Å². The number of aryl methyl sites for hydroxylation is 1. The van der Waals surface area contributed by atoms with E-state index in [9.17, 15) is 4.79 Å². The number of hydrogen-bond acceptors (Lipinski definition) is 5. The molecule has 1 aromatic heterocycles. The molecule has 0 saturated heterocycles. The second-order valence-electron chi connectivity index (χ2n) is 5.88. The van der Waals surface area contributed by atoms with Crippen LogP contribution in [0.3, 0.4) is 0 Å². The van der Waals surface area contributed by atoms with Crippen molar-refractivity contribution in [3.05, 3.63) is 76.4 Å². The summed E-state index contributed by atoms with van der Waals surface area (Å²) >= 11 is 6.02. The Bertz CT molecular complexity index is 945. The lowest BCUT2D eigenvalue weighted by Gasteiger charge is -2.10. The smallest absolute Gasteiger partial charge is 0.272 e. The lowest BCUT2D eigenvalue weighted by Crippen LogP contribution is -2.24. The molecule has 7 heteroatoms. The van der Waals surface area contributed by atoms with Crippen LogP contribution in [-0.2, 0) is 6.54 Å². The van der Waals surface area contributed by atoms with E-state index >= 15 is 0 Å². The van der Waals surface area contributed by atoms with Gasteiger partial charge in [0.05, 0.1) is 7.11 Å². The number of aromatic nitrogens is 2. The van der Waals surface area contributed by atoms with Crippen molar-refractivity contribution >= 4 is 29.0 Å². The summed E-state index contributed by atoms with van der Waals surface area (Å²) in [6.45, 7) is 2.30. The number of nitrogens with zero attached hydrogens (tertiary/aromatic N) is 2. The quantitative estimate of drug-likeness (QED) is 0.670. The highest BCUT2D eigenvalue weighted by molar-refractivity contribution is 6.30. The Kier molecular flexibility index (Phi) is 5.88. The standard InChI is InChI=1S/C20H19ClN4O2/c1-13-7-8-15(21)11-17(13)23-19-10-9-16(24-25-19)20(26)22-12-14-5-3-4-6-18(14)27-2/h3-11H,12H2,1-2H3,(H,22,26)(H,23,25). The third-order valence-corrected chi connectivity index (χ3v) is 4.23. The summed E-state index contributed by atoms with van der Waals surface area (Å²) in [5.41, 5.74) is 2.99. The maximum atomic E-state index is 12.3. The van der Waals surface area contributed by atoms with Gasteiger partial charge < -0.3 is 15.4 Å². The van der Waals surface area contributed by atoms with Crippen molar-refractivity contribution in [3.8, 4) is 5.75 Å². The summed E-state index contributed by atoms with van der Waals surface area (Å²) in [6.07, 6.45) is 0. The second kappa shape index (κ2) is 8.51. The van der Waals surface area contributed by atoms with Gasteiger partial charge in [0, 0.05) is 22.8 Å². The number of halogens is 1. The molecule has 0 aliphatic carbocycles. The molecule has 6 nitrogen and oxygen atoms in total. The SMILES string of the molecule is COc1ccccc1CNC(=O)c1ccc(Nc2cc(Cl)ccc2C)nn1. The van der Waals surface area contributed by atoms with Gasteiger partial charge in [-0.3, -0.25) is 4.79 Å². The predicted molar refractivity (Wildman–Crippen MR) is 106 cm³/mol. The Balaban J connectivity index is 1.64. The average molecular weight is 383 g/mol. The lowest BCUT2D eigenvalue weighted by atomic mass is 10.2. The van der Waals surface area contributed by atoms with Crippen LogP contribution in [0.25, 0.3) is 0 Å². The number of para-hydroxylation sites is 1. The van der Waals surface area contributed by atoms with Gasteiger partial charge in [0.15, 0.2) is 11.5 Å². The summed E-state index contributed by atoms with van der Waals surface area (Å²) in [4.78, 5) is 12.3. The minimum Gasteiger partial charge on any atom is -0.496 e. The van der Waals surface area contributed by atoms with Gasteiger partial charge in [0.1, 0.15) is 5.75 Å². The van der Waals surface area contributed by atoms with Crippen molar-refractivity contribution in [1.82, 2.24) is 15.5 Å². The van der Waals surface area contributed by atoms with Crippen LogP contribution in [0.5, 0.6) is 5.75 Å². The lowest BCUT2D eigenvalue weighted by molar-refractivity contribution is 0.0944. The Morgan fingerprint density at radius 1 is 1.11 bits per heavy atom. The highest BCUT2D eigenvalue weighted by atomic mass is 35.5. The van der Waals surface area contributed by atoms with Crippen molar-refractivity contribution in [2.24, 2.45) is 0 Å². The van der Waals surface area contributed by atoms with Crippen LogP contribution in [0.1, 0.15) is 21.6 Å². The van der Waals surface area contributed by atoms with Gasteiger partial charge in [-0.2, -0.15) is 0 Å². The molecule has 0 aliphatic rings. The van der Waals surface area contributed by atoms with Crippen molar-refractivity contribution in [1.29, 1.82) is 0 Å². The number of amides is 1. The largest absolute Gasteiger partial charge is 0.496 e. The molecule has 0 unspecified atom stereocenters. The van der Waals surface area contributed by atoms with Crippen LogP contribution in [0.4, 0.5) is 11.5 Å². The fourth-order valence-corrected chi connectivity index (χ4v) is 2.67. The Morgan fingerprint density at radius 3 is 2.67 bits per heavy atom. The number of methoxy groups -OCH3 is 1. The van der Waals surface area contributed by atoms with Crippen molar-refractivity contribution < 1.29 is 9.53 Å². The van der Waals surface area contributed by atoms with Gasteiger partial charge in [0.25, 0.3) is 5.91 Å². The molecule has 1 heterocycles. The van der Waals surface area contributed by atoms with Crippen LogP contribution in [0, 0.1) is 6.92 Å². The number of ether oxygens (including phenoxy) is 1. The first kappa shape index (κ1) is 18.7. The molecule has 2 aromatic carbocycles. The van der Waals surface area contributed by atoms with E-state index in [2.05, 4.69) is 20.8 Å². The van der Waals surface area contributed by atoms with Crippen LogP contribution in [0.15, 0.2) is 54.6 Å². The third-order valence-electron chi connectivity index (χ3n) is 3.99. The average Bonchev–Trinajstić information content (AvgIpc) is 2.69. The molecule has 3 rings (SSSR count). The Morgan fingerprint density at radius 2 is 1.93 bits per heavy atom. The zero-order valence-electron chi connectivity index (χ0n) is 15.0. The van der Waals surface area contributed by atoms with Gasteiger partial charge in [-0.15, -0.1) is 10.2 Å². The fourth-order valence-electron chi connectivity index (χ4n) is 2.50. The molecule has 0 atom stereocenters. The number of rotatable bonds is 6. The van der Waals surface area contributed by atoms with E-state index in [4.69, 9.17) is 16.3 Å². The van der Waals surface area contributed by atoms with Crippen LogP contribution < -0.4 is 15.4 Å². The zero-order valence-corrected chi connectivity index (χ0v) is 15.7. The van der Waals surface area contributed by atoms with Crippen LogP contribution in [0.2, 0.25) is 5.02 Å². The minimum absolute atomic E-state index is 0.235. The maximum Gasteiger partial charge on any atom is 0.272 e. The van der Waals surface area contributed by atoms with E-state index in [1.54, 1.807) is 19.2 Å². The third kappa shape index (κ3) is 4.74. The predicted octanol–water partition coefficient (Wildman–Crippen LogP) is 4.12. The van der Waals surface area contributed by atoms with E-state index in [0.29, 0.717) is 17.4 Å². The minimum atomic E-state index is -0.307. The number of carbonyl (C=O) groups is 1. The number of anilines is 2. The molecular formula is C20H19ClN4O2. The van der Waals surface area contributed by atoms with Crippen LogP contribution >= 0.6 is 11.6 Å². The first-order chi connectivity index (χ1) is 13.1. The molecule has 1 amide bonds. The Hall–Kier alpha value is -3.12. The summed E-state index contributed by atoms with van der Waals surface area (Å²) in [5.74, 6) is 0.945. The zero-order chi connectivity index (χ0) is 19.2. The van der Waals surface area contributed by atoms with E-state index in [1.807, 2.05) is 49.4 Å². The summed E-state index contributed by atoms with van der Waals surface area (Å²) < 4.78 is 5.28. The molecule has 0 saturated carbocycles. The number of carbonyl (C=O) groups excluding carboxylic acids is 1. The second-order valence-corrected chi connectivity index (χ2v) is 6.32. The fraction of sp³-hybridized carbons (Fsp3) is 0.150. The number of hydrogen-bond donors (Lipinski definition) is 2. The van der Waals surface area contributed by atoms with Crippen molar-refractivity contribution in [2.45, 2.75) is 13.5 Å². The highest BCUT2D eigenvalue weighted by Gasteiger charge is 2.10. The molecule has 3 aromatic rings. The molecule has 0 radical (unpaired) electrons. The van der Waals surface area contributed by atoms with Gasteiger partial charge >= 0.3 is 0 Å². The molecule has 0 spiro atoms. The number of nitrogens with one attached hydrogen (secondary N) is 2.